The van der Waals surface area contributed by atoms with Crippen LogP contribution in [0.2, 0.25) is 0 Å². The van der Waals surface area contributed by atoms with Gasteiger partial charge < -0.3 is 14.0 Å². The van der Waals surface area contributed by atoms with Crippen molar-refractivity contribution in [3.63, 3.8) is 0 Å². The molecule has 4 aromatic rings. The van der Waals surface area contributed by atoms with E-state index in [1.165, 1.54) is 17.7 Å². The lowest BCUT2D eigenvalue weighted by Crippen LogP contribution is -2.41. The Balaban J connectivity index is 1.49. The third-order valence-corrected chi connectivity index (χ3v) is 8.25. The highest BCUT2D eigenvalue weighted by molar-refractivity contribution is 6.62. The number of benzene rings is 4. The van der Waals surface area contributed by atoms with Gasteiger partial charge in [-0.25, -0.2) is 4.39 Å². The van der Waals surface area contributed by atoms with Gasteiger partial charge in [0.2, 0.25) is 0 Å². The van der Waals surface area contributed by atoms with Crippen molar-refractivity contribution in [1.29, 1.82) is 0 Å². The molecule has 2 heterocycles. The molecule has 2 aliphatic rings. The molecule has 0 aliphatic carbocycles. The number of hydrogen-bond acceptors (Lipinski definition) is 3. The van der Waals surface area contributed by atoms with E-state index in [2.05, 4.69) is 84.0 Å². The molecule has 0 unspecified atom stereocenters. The van der Waals surface area contributed by atoms with Crippen molar-refractivity contribution in [2.24, 2.45) is 0 Å². The molecule has 2 aliphatic heterocycles. The van der Waals surface area contributed by atoms with E-state index in [0.717, 1.165) is 44.6 Å². The van der Waals surface area contributed by atoms with Gasteiger partial charge in [0.1, 0.15) is 17.2 Å². The topological polar surface area (TPSA) is 27.7 Å². The van der Waals surface area contributed by atoms with Crippen LogP contribution in [0, 0.1) is 5.82 Å². The molecule has 0 aromatic heterocycles. The first-order chi connectivity index (χ1) is 18.0. The van der Waals surface area contributed by atoms with Crippen molar-refractivity contribution in [1.82, 2.24) is 0 Å². The zero-order valence-electron chi connectivity index (χ0n) is 22.8. The fourth-order valence-electron chi connectivity index (χ4n) is 5.36. The van der Waals surface area contributed by atoms with Gasteiger partial charge in [-0.15, -0.1) is 0 Å². The van der Waals surface area contributed by atoms with E-state index in [0.29, 0.717) is 0 Å². The Bertz CT molecular complexity index is 1520. The van der Waals surface area contributed by atoms with Gasteiger partial charge in [-0.05, 0) is 99.1 Å². The monoisotopic (exact) mass is 506 g/mol. The number of halogens is 1. The summed E-state index contributed by atoms with van der Waals surface area (Å²) in [5, 5.41) is 0. The molecule has 0 N–H and O–H groups in total. The maximum atomic E-state index is 13.9. The summed E-state index contributed by atoms with van der Waals surface area (Å²) in [6, 6.07) is 27.7. The van der Waals surface area contributed by atoms with Crippen molar-refractivity contribution < 1.29 is 18.4 Å². The molecule has 38 heavy (non-hydrogen) atoms. The second-order valence-corrected chi connectivity index (χ2v) is 11.8. The molecule has 0 amide bonds. The molecule has 3 nitrogen and oxygen atoms in total. The van der Waals surface area contributed by atoms with E-state index in [4.69, 9.17) is 14.0 Å². The summed E-state index contributed by atoms with van der Waals surface area (Å²) in [6.07, 6.45) is 0. The minimum atomic E-state index is -0.488. The summed E-state index contributed by atoms with van der Waals surface area (Å²) >= 11 is 0. The zero-order valence-corrected chi connectivity index (χ0v) is 22.8. The molecule has 0 spiro atoms. The van der Waals surface area contributed by atoms with Gasteiger partial charge in [-0.2, -0.15) is 0 Å². The summed E-state index contributed by atoms with van der Waals surface area (Å²) in [5.74, 6) is 0.639. The predicted octanol–water partition coefficient (Wildman–Crippen LogP) is 7.75. The zero-order chi connectivity index (χ0) is 26.9. The van der Waals surface area contributed by atoms with Crippen molar-refractivity contribution in [2.75, 3.05) is 0 Å². The van der Waals surface area contributed by atoms with Gasteiger partial charge >= 0.3 is 7.12 Å². The van der Waals surface area contributed by atoms with Crippen LogP contribution in [0.25, 0.3) is 33.4 Å². The fraction of sp³-hybridized carbons (Fsp3) is 0.273. The van der Waals surface area contributed by atoms with Crippen LogP contribution in [0.3, 0.4) is 0 Å². The van der Waals surface area contributed by atoms with Crippen molar-refractivity contribution in [2.45, 2.75) is 58.3 Å². The molecule has 0 atom stereocenters. The average molecular weight is 506 g/mol. The van der Waals surface area contributed by atoms with Gasteiger partial charge in [0.05, 0.1) is 11.2 Å². The second kappa shape index (κ2) is 8.55. The Morgan fingerprint density at radius 2 is 1.24 bits per heavy atom. The van der Waals surface area contributed by atoms with Gasteiger partial charge in [-0.3, -0.25) is 0 Å². The second-order valence-electron chi connectivity index (χ2n) is 11.8. The van der Waals surface area contributed by atoms with Gasteiger partial charge in [0, 0.05) is 11.1 Å². The molecule has 0 bridgehead atoms. The fourth-order valence-corrected chi connectivity index (χ4v) is 5.36. The largest absolute Gasteiger partial charge is 0.494 e. The molecule has 0 radical (unpaired) electrons. The van der Waals surface area contributed by atoms with Gasteiger partial charge in [-0.1, -0.05) is 60.7 Å². The number of hydrogen-bond donors (Lipinski definition) is 0. The maximum absolute atomic E-state index is 13.9. The highest BCUT2D eigenvalue weighted by Crippen LogP contribution is 2.47. The van der Waals surface area contributed by atoms with Crippen LogP contribution in [-0.2, 0) is 14.9 Å². The Hall–Kier alpha value is -3.41. The Labute approximate surface area is 224 Å². The lowest BCUT2D eigenvalue weighted by Gasteiger charge is -2.35. The highest BCUT2D eigenvalue weighted by atomic mass is 19.1. The third kappa shape index (κ3) is 4.05. The Morgan fingerprint density at radius 1 is 0.605 bits per heavy atom. The van der Waals surface area contributed by atoms with E-state index in [1.54, 1.807) is 0 Å². The summed E-state index contributed by atoms with van der Waals surface area (Å²) in [6.45, 7) is 12.4. The van der Waals surface area contributed by atoms with E-state index in [-0.39, 0.29) is 5.82 Å². The first-order valence-corrected chi connectivity index (χ1v) is 13.1. The molecule has 192 valence electrons. The van der Waals surface area contributed by atoms with Crippen LogP contribution in [0.4, 0.5) is 4.39 Å². The summed E-state index contributed by atoms with van der Waals surface area (Å²) < 4.78 is 33.0. The minimum absolute atomic E-state index is 0.260. The molecule has 5 heteroatoms. The molecule has 1 saturated heterocycles. The van der Waals surface area contributed by atoms with E-state index in [9.17, 15) is 4.39 Å². The summed E-state index contributed by atoms with van der Waals surface area (Å²) in [4.78, 5) is 0. The number of ether oxygens (including phenoxy) is 1. The summed E-state index contributed by atoms with van der Waals surface area (Å²) in [5.41, 5.74) is 7.02. The quantitative estimate of drug-likeness (QED) is 0.266. The molecular weight excluding hydrogens is 474 g/mol. The maximum Gasteiger partial charge on any atom is 0.494 e. The van der Waals surface area contributed by atoms with Crippen LogP contribution >= 0.6 is 0 Å². The van der Waals surface area contributed by atoms with Crippen molar-refractivity contribution >= 4 is 12.6 Å². The van der Waals surface area contributed by atoms with Crippen molar-refractivity contribution in [3.8, 4) is 39.1 Å². The SMILES string of the molecule is CC1(C)Oc2ccccc2-c2ccc(-c3ccc(B4OC(C)(C)C(C)(C)O4)cc3-c3ccc(F)cc3)cc21. The standard InChI is InChI=1S/C33H32BFO3/c1-31(2)29-19-22(13-17-26(29)27-9-7-8-10-30(27)36-31)25-18-14-23(34-37-32(3,4)33(5,6)38-34)20-28(25)21-11-15-24(35)16-12-21/h7-20H,1-6H3. The molecule has 4 aromatic carbocycles. The first kappa shape index (κ1) is 24.9. The number of rotatable bonds is 3. The normalized spacial score (nSPS) is 18.4. The van der Waals surface area contributed by atoms with Crippen LogP contribution in [0.5, 0.6) is 5.75 Å². The molecule has 0 saturated carbocycles. The minimum Gasteiger partial charge on any atom is -0.482 e. The van der Waals surface area contributed by atoms with Crippen molar-refractivity contribution in [3.05, 3.63) is 96.3 Å². The van der Waals surface area contributed by atoms with Crippen LogP contribution in [0.1, 0.15) is 47.1 Å². The van der Waals surface area contributed by atoms with Gasteiger partial charge in [0.25, 0.3) is 0 Å². The van der Waals surface area contributed by atoms with Gasteiger partial charge in [0.15, 0.2) is 0 Å². The number of para-hydroxylation sites is 1. The Morgan fingerprint density at radius 3 is 1.95 bits per heavy atom. The van der Waals surface area contributed by atoms with Crippen LogP contribution in [-0.4, -0.2) is 18.3 Å². The lowest BCUT2D eigenvalue weighted by molar-refractivity contribution is 0.00578. The average Bonchev–Trinajstić information content (AvgIpc) is 3.10. The number of fused-ring (bicyclic) bond motifs is 3. The third-order valence-electron chi connectivity index (χ3n) is 8.25. The van der Waals surface area contributed by atoms with Crippen LogP contribution in [0.15, 0.2) is 84.9 Å². The first-order valence-electron chi connectivity index (χ1n) is 13.1. The highest BCUT2D eigenvalue weighted by Gasteiger charge is 2.51. The molecule has 6 rings (SSSR count). The summed E-state index contributed by atoms with van der Waals surface area (Å²) in [7, 11) is -0.486. The van der Waals surface area contributed by atoms with Crippen LogP contribution < -0.4 is 10.2 Å². The van der Waals surface area contributed by atoms with E-state index >= 15 is 0 Å². The smallest absolute Gasteiger partial charge is 0.482 e. The Kier molecular flexibility index (Phi) is 5.61. The van der Waals surface area contributed by atoms with E-state index < -0.39 is 23.9 Å². The van der Waals surface area contributed by atoms with E-state index in [1.807, 2.05) is 30.3 Å². The predicted molar refractivity (Wildman–Crippen MR) is 152 cm³/mol. The molecular formula is C33H32BFO3. The molecule has 1 fully saturated rings. The lowest BCUT2D eigenvalue weighted by atomic mass is 9.76.